The Morgan fingerprint density at radius 1 is 1.05 bits per heavy atom. The van der Waals surface area contributed by atoms with E-state index in [1.165, 1.54) is 12.8 Å². The largest absolute Gasteiger partial charge is 0.464 e. The molecule has 0 spiro atoms. The van der Waals surface area contributed by atoms with Gasteiger partial charge in [0.2, 0.25) is 0 Å². The third-order valence-electron chi connectivity index (χ3n) is 2.70. The minimum Gasteiger partial charge on any atom is -0.464 e. The zero-order valence-electron chi connectivity index (χ0n) is 14.0. The smallest absolute Gasteiger partial charge is 0.153 e. The van der Waals surface area contributed by atoms with Gasteiger partial charge in [-0.2, -0.15) is 0 Å². The van der Waals surface area contributed by atoms with Gasteiger partial charge in [-0.05, 0) is 38.5 Å². The number of rotatable bonds is 9. The van der Waals surface area contributed by atoms with Gasteiger partial charge in [-0.1, -0.05) is 44.1 Å². The molecule has 0 atom stereocenters. The van der Waals surface area contributed by atoms with E-state index in [4.69, 9.17) is 9.47 Å². The molecule has 0 heterocycles. The Kier molecular flexibility index (Phi) is 14.2. The van der Waals surface area contributed by atoms with Gasteiger partial charge in [0.15, 0.2) is 6.29 Å². The lowest BCUT2D eigenvalue weighted by Gasteiger charge is -2.01. The van der Waals surface area contributed by atoms with Crippen LogP contribution < -0.4 is 4.74 Å². The van der Waals surface area contributed by atoms with E-state index in [1.807, 2.05) is 38.1 Å². The number of hydrogen-bond acceptors (Lipinski definition) is 3. The summed E-state index contributed by atoms with van der Waals surface area (Å²) in [4.78, 5) is 10.7. The Morgan fingerprint density at radius 3 is 2.36 bits per heavy atom. The average Bonchev–Trinajstić information content (AvgIpc) is 2.56. The molecule has 0 saturated carbocycles. The van der Waals surface area contributed by atoms with Gasteiger partial charge < -0.3 is 9.47 Å². The van der Waals surface area contributed by atoms with Crippen molar-refractivity contribution in [2.75, 3.05) is 13.2 Å². The number of benzene rings is 1. The van der Waals surface area contributed by atoms with Crippen LogP contribution in [0.2, 0.25) is 0 Å². The molecule has 1 rings (SSSR count). The Labute approximate surface area is 134 Å². The summed E-state index contributed by atoms with van der Waals surface area (Å²) in [6, 6.07) is 7.15. The van der Waals surface area contributed by atoms with Gasteiger partial charge in [0.1, 0.15) is 5.75 Å². The normalized spacial score (nSPS) is 10.5. The summed E-state index contributed by atoms with van der Waals surface area (Å²) >= 11 is 0. The van der Waals surface area contributed by atoms with Crippen molar-refractivity contribution >= 4 is 6.29 Å². The maximum atomic E-state index is 10.7. The number of carbonyl (C=O) groups is 1. The zero-order valence-corrected chi connectivity index (χ0v) is 14.0. The summed E-state index contributed by atoms with van der Waals surface area (Å²) in [7, 11) is 0. The molecule has 22 heavy (non-hydrogen) atoms. The Morgan fingerprint density at radius 2 is 1.77 bits per heavy atom. The molecular formula is C19H28O3. The van der Waals surface area contributed by atoms with E-state index in [-0.39, 0.29) is 0 Å². The van der Waals surface area contributed by atoms with Crippen molar-refractivity contribution in [3.8, 4) is 5.75 Å². The van der Waals surface area contributed by atoms with E-state index in [1.54, 1.807) is 18.4 Å². The number of ether oxygens (including phenoxy) is 2. The van der Waals surface area contributed by atoms with E-state index < -0.39 is 0 Å². The summed E-state index contributed by atoms with van der Waals surface area (Å²) < 4.78 is 10.2. The maximum Gasteiger partial charge on any atom is 0.153 e. The molecule has 0 aliphatic heterocycles. The molecule has 0 radical (unpaired) electrons. The molecule has 0 aliphatic carbocycles. The van der Waals surface area contributed by atoms with Crippen LogP contribution in [0.25, 0.3) is 0 Å². The molecule has 0 saturated heterocycles. The van der Waals surface area contributed by atoms with Gasteiger partial charge in [0, 0.05) is 13.2 Å². The van der Waals surface area contributed by atoms with E-state index in [0.717, 1.165) is 25.9 Å². The molecule has 0 unspecified atom stereocenters. The Balaban J connectivity index is 0.000000763. The molecule has 122 valence electrons. The lowest BCUT2D eigenvalue weighted by atomic mass is 10.2. The number of allylic oxidation sites excluding steroid dienone is 3. The van der Waals surface area contributed by atoms with Crippen LogP contribution in [0, 0.1) is 0 Å². The second-order valence-corrected chi connectivity index (χ2v) is 4.45. The third-order valence-corrected chi connectivity index (χ3v) is 2.70. The van der Waals surface area contributed by atoms with Crippen molar-refractivity contribution in [3.05, 3.63) is 54.3 Å². The van der Waals surface area contributed by atoms with Crippen molar-refractivity contribution in [1.82, 2.24) is 0 Å². The fraction of sp³-hybridized carbons (Fsp3) is 0.421. The number of unbranched alkanes of at least 4 members (excludes halogenated alkanes) is 2. The molecule has 3 nitrogen and oxygen atoms in total. The number of aldehydes is 1. The van der Waals surface area contributed by atoms with Crippen LogP contribution >= 0.6 is 0 Å². The first kappa shape index (κ1) is 20.1. The summed E-state index contributed by atoms with van der Waals surface area (Å²) in [6.07, 6.45) is 11.8. The number of carbonyl (C=O) groups excluding carboxylic acids is 1. The standard InChI is InChI=1S/C15H18O2.C4H10O/c1-2-3-4-5-6-9-12-17-15-11-8-7-10-14(15)13-16;1-3-5-4-2/h5-13H,2-4H2,1H3;3-4H2,1-2H3/b6-5+,12-9+;. The molecule has 0 aliphatic rings. The van der Waals surface area contributed by atoms with Crippen LogP contribution in [0.15, 0.2) is 48.8 Å². The highest BCUT2D eigenvalue weighted by Crippen LogP contribution is 2.15. The van der Waals surface area contributed by atoms with Crippen LogP contribution in [0.5, 0.6) is 5.75 Å². The minimum absolute atomic E-state index is 0.562. The van der Waals surface area contributed by atoms with Crippen molar-refractivity contribution in [2.45, 2.75) is 40.0 Å². The van der Waals surface area contributed by atoms with E-state index in [0.29, 0.717) is 11.3 Å². The summed E-state index contributed by atoms with van der Waals surface area (Å²) in [5, 5.41) is 0. The van der Waals surface area contributed by atoms with Crippen molar-refractivity contribution in [3.63, 3.8) is 0 Å². The van der Waals surface area contributed by atoms with Gasteiger partial charge >= 0.3 is 0 Å². The van der Waals surface area contributed by atoms with Gasteiger partial charge in [-0.3, -0.25) is 4.79 Å². The van der Waals surface area contributed by atoms with Gasteiger partial charge in [0.05, 0.1) is 11.8 Å². The molecule has 0 amide bonds. The maximum absolute atomic E-state index is 10.7. The fourth-order valence-corrected chi connectivity index (χ4v) is 1.54. The third kappa shape index (κ3) is 10.9. The topological polar surface area (TPSA) is 35.5 Å². The van der Waals surface area contributed by atoms with Crippen LogP contribution in [-0.4, -0.2) is 19.5 Å². The first-order valence-corrected chi connectivity index (χ1v) is 7.90. The fourth-order valence-electron chi connectivity index (χ4n) is 1.54. The lowest BCUT2D eigenvalue weighted by molar-refractivity contribution is 0.112. The predicted octanol–water partition coefficient (Wildman–Crippen LogP) is 5.18. The molecule has 0 aromatic heterocycles. The first-order valence-electron chi connectivity index (χ1n) is 7.90. The summed E-state index contributed by atoms with van der Waals surface area (Å²) in [5.74, 6) is 0.584. The highest BCUT2D eigenvalue weighted by molar-refractivity contribution is 5.79. The highest BCUT2D eigenvalue weighted by Gasteiger charge is 1.98. The molecule has 1 aromatic rings. The zero-order chi connectivity index (χ0) is 16.5. The van der Waals surface area contributed by atoms with Gasteiger partial charge in [0.25, 0.3) is 0 Å². The monoisotopic (exact) mass is 304 g/mol. The lowest BCUT2D eigenvalue weighted by Crippen LogP contribution is -1.88. The molecule has 1 aromatic carbocycles. The highest BCUT2D eigenvalue weighted by atomic mass is 16.5. The minimum atomic E-state index is 0.562. The van der Waals surface area contributed by atoms with Crippen LogP contribution in [-0.2, 0) is 4.74 Å². The van der Waals surface area contributed by atoms with E-state index >= 15 is 0 Å². The van der Waals surface area contributed by atoms with Crippen LogP contribution in [0.1, 0.15) is 50.4 Å². The van der Waals surface area contributed by atoms with Crippen molar-refractivity contribution in [2.24, 2.45) is 0 Å². The molecule has 0 N–H and O–H groups in total. The molecular weight excluding hydrogens is 276 g/mol. The molecule has 0 fully saturated rings. The summed E-state index contributed by atoms with van der Waals surface area (Å²) in [5.41, 5.74) is 0.562. The number of hydrogen-bond donors (Lipinski definition) is 0. The first-order chi connectivity index (χ1) is 10.8. The summed E-state index contributed by atoms with van der Waals surface area (Å²) in [6.45, 7) is 7.84. The average molecular weight is 304 g/mol. The molecule has 0 bridgehead atoms. The number of para-hydroxylation sites is 1. The Hall–Kier alpha value is -1.87. The second-order valence-electron chi connectivity index (χ2n) is 4.45. The SMILES string of the molecule is CCCC/C=C/C=C/Oc1ccccc1C=O.CCOCC. The Bertz CT molecular complexity index is 434. The van der Waals surface area contributed by atoms with Crippen molar-refractivity contribution in [1.29, 1.82) is 0 Å². The van der Waals surface area contributed by atoms with Gasteiger partial charge in [-0.25, -0.2) is 0 Å². The quantitative estimate of drug-likeness (QED) is 0.273. The second kappa shape index (κ2) is 15.5. The van der Waals surface area contributed by atoms with Crippen LogP contribution in [0.3, 0.4) is 0 Å². The van der Waals surface area contributed by atoms with Gasteiger partial charge in [-0.15, -0.1) is 0 Å². The van der Waals surface area contributed by atoms with E-state index in [9.17, 15) is 4.79 Å². The van der Waals surface area contributed by atoms with Crippen molar-refractivity contribution < 1.29 is 14.3 Å². The predicted molar refractivity (Wildman–Crippen MR) is 92.4 cm³/mol. The molecule has 3 heteroatoms. The van der Waals surface area contributed by atoms with Crippen LogP contribution in [0.4, 0.5) is 0 Å². The van der Waals surface area contributed by atoms with E-state index in [2.05, 4.69) is 13.0 Å².